The van der Waals surface area contributed by atoms with Crippen molar-refractivity contribution in [1.29, 1.82) is 0 Å². The third-order valence-electron chi connectivity index (χ3n) is 4.02. The van der Waals surface area contributed by atoms with Gasteiger partial charge in [-0.25, -0.2) is 0 Å². The fraction of sp³-hybridized carbons (Fsp3) is 0.611. The van der Waals surface area contributed by atoms with E-state index in [0.29, 0.717) is 0 Å². The van der Waals surface area contributed by atoms with E-state index in [1.807, 2.05) is 36.9 Å². The van der Waals surface area contributed by atoms with Crippen LogP contribution in [-0.2, 0) is 10.5 Å². The molecule has 0 bridgehead atoms. The summed E-state index contributed by atoms with van der Waals surface area (Å²) in [7, 11) is 0. The monoisotopic (exact) mass is 337 g/mol. The molecule has 1 aromatic carbocycles. The Balaban J connectivity index is 1.56. The highest BCUT2D eigenvalue weighted by molar-refractivity contribution is 8.00. The summed E-state index contributed by atoms with van der Waals surface area (Å²) in [6.45, 7) is 2.80. The summed E-state index contributed by atoms with van der Waals surface area (Å²) >= 11 is 3.74. The number of rotatable bonds is 8. The summed E-state index contributed by atoms with van der Waals surface area (Å²) in [5.74, 6) is 2.11. The van der Waals surface area contributed by atoms with Crippen molar-refractivity contribution in [1.82, 2.24) is 5.32 Å². The first-order valence-electron chi connectivity index (χ1n) is 8.30. The van der Waals surface area contributed by atoms with Gasteiger partial charge in [-0.3, -0.25) is 4.79 Å². The van der Waals surface area contributed by atoms with E-state index < -0.39 is 0 Å². The Bertz CT molecular complexity index is 432. The van der Waals surface area contributed by atoms with Crippen molar-refractivity contribution in [2.75, 3.05) is 12.3 Å². The second-order valence-electron chi connectivity index (χ2n) is 5.86. The van der Waals surface area contributed by atoms with E-state index in [2.05, 4.69) is 17.4 Å². The van der Waals surface area contributed by atoms with Crippen LogP contribution < -0.4 is 5.32 Å². The molecule has 4 heteroatoms. The van der Waals surface area contributed by atoms with E-state index >= 15 is 0 Å². The number of hydrogen-bond acceptors (Lipinski definition) is 3. The van der Waals surface area contributed by atoms with Crippen molar-refractivity contribution in [3.8, 4) is 0 Å². The lowest BCUT2D eigenvalue weighted by molar-refractivity contribution is -0.120. The van der Waals surface area contributed by atoms with Crippen molar-refractivity contribution in [3.05, 3.63) is 35.9 Å². The molecule has 0 spiro atoms. The molecule has 0 aromatic heterocycles. The highest BCUT2D eigenvalue weighted by atomic mass is 32.2. The van der Waals surface area contributed by atoms with Gasteiger partial charge in [-0.2, -0.15) is 11.8 Å². The molecule has 2 nitrogen and oxygen atoms in total. The van der Waals surface area contributed by atoms with Gasteiger partial charge >= 0.3 is 0 Å². The SMILES string of the molecule is C[C@H](SCc1ccccc1)C(=O)NCCSC1CCCCC1. The van der Waals surface area contributed by atoms with Crippen molar-refractivity contribution < 1.29 is 4.79 Å². The predicted octanol–water partition coefficient (Wildman–Crippen LogP) is 4.49. The van der Waals surface area contributed by atoms with Gasteiger partial charge in [-0.05, 0) is 25.3 Å². The Morgan fingerprint density at radius 1 is 1.23 bits per heavy atom. The molecule has 1 saturated carbocycles. The van der Waals surface area contributed by atoms with Crippen molar-refractivity contribution in [2.45, 2.75) is 55.3 Å². The maximum absolute atomic E-state index is 12.1. The number of amides is 1. The quantitative estimate of drug-likeness (QED) is 0.709. The van der Waals surface area contributed by atoms with E-state index in [0.717, 1.165) is 23.3 Å². The highest BCUT2D eigenvalue weighted by Crippen LogP contribution is 2.27. The van der Waals surface area contributed by atoms with Gasteiger partial charge in [0.05, 0.1) is 5.25 Å². The summed E-state index contributed by atoms with van der Waals surface area (Å²) in [5, 5.41) is 3.92. The van der Waals surface area contributed by atoms with Crippen LogP contribution in [0.2, 0.25) is 0 Å². The molecule has 1 atom stereocenters. The van der Waals surface area contributed by atoms with E-state index in [1.54, 1.807) is 11.8 Å². The van der Waals surface area contributed by atoms with Crippen LogP contribution in [0.15, 0.2) is 30.3 Å². The molecule has 1 amide bonds. The zero-order valence-corrected chi connectivity index (χ0v) is 15.1. The maximum atomic E-state index is 12.1. The molecule has 1 aliphatic rings. The summed E-state index contributed by atoms with van der Waals surface area (Å²) in [4.78, 5) is 12.1. The first kappa shape index (κ1) is 17.7. The molecule has 0 saturated heterocycles. The van der Waals surface area contributed by atoms with Crippen molar-refractivity contribution in [2.24, 2.45) is 0 Å². The molecule has 0 heterocycles. The van der Waals surface area contributed by atoms with Crippen LogP contribution in [0.25, 0.3) is 0 Å². The number of thioether (sulfide) groups is 2. The number of benzene rings is 1. The average molecular weight is 338 g/mol. The summed E-state index contributed by atoms with van der Waals surface area (Å²) < 4.78 is 0. The van der Waals surface area contributed by atoms with E-state index in [9.17, 15) is 4.79 Å². The Morgan fingerprint density at radius 3 is 2.68 bits per heavy atom. The van der Waals surface area contributed by atoms with Crippen molar-refractivity contribution >= 4 is 29.4 Å². The minimum Gasteiger partial charge on any atom is -0.354 e. The zero-order chi connectivity index (χ0) is 15.6. The second kappa shape index (κ2) is 10.2. The lowest BCUT2D eigenvalue weighted by atomic mass is 10.0. The minimum absolute atomic E-state index is 0.0138. The maximum Gasteiger partial charge on any atom is 0.232 e. The van der Waals surface area contributed by atoms with Gasteiger partial charge in [0.2, 0.25) is 5.91 Å². The topological polar surface area (TPSA) is 29.1 Å². The van der Waals surface area contributed by atoms with Crippen LogP contribution in [0.4, 0.5) is 0 Å². The molecule has 22 heavy (non-hydrogen) atoms. The van der Waals surface area contributed by atoms with Gasteiger partial charge in [-0.15, -0.1) is 11.8 Å². The number of carbonyl (C=O) groups excluding carboxylic acids is 1. The molecule has 2 rings (SSSR count). The van der Waals surface area contributed by atoms with Crippen LogP contribution in [0, 0.1) is 0 Å². The standard InChI is InChI=1S/C18H27NOS2/c1-15(22-14-16-8-4-2-5-9-16)18(20)19-12-13-21-17-10-6-3-7-11-17/h2,4-5,8-9,15,17H,3,6-7,10-14H2,1H3,(H,19,20)/t15-/m0/s1. The first-order chi connectivity index (χ1) is 10.8. The molecule has 0 unspecified atom stereocenters. The molecule has 1 aromatic rings. The lowest BCUT2D eigenvalue weighted by Gasteiger charge is -2.21. The van der Waals surface area contributed by atoms with Gasteiger partial charge < -0.3 is 5.32 Å². The number of carbonyl (C=O) groups is 1. The van der Waals surface area contributed by atoms with Gasteiger partial charge in [-0.1, -0.05) is 49.6 Å². The van der Waals surface area contributed by atoms with Gasteiger partial charge in [0.25, 0.3) is 0 Å². The molecule has 1 fully saturated rings. The molecule has 0 aliphatic heterocycles. The fourth-order valence-corrected chi connectivity index (χ4v) is 4.74. The number of hydrogen-bond donors (Lipinski definition) is 1. The first-order valence-corrected chi connectivity index (χ1v) is 10.4. The molecule has 1 N–H and O–H groups in total. The van der Waals surface area contributed by atoms with Crippen LogP contribution in [0.3, 0.4) is 0 Å². The smallest absolute Gasteiger partial charge is 0.232 e. The summed E-state index contributed by atoms with van der Waals surface area (Å²) in [5.41, 5.74) is 1.28. The molecule has 122 valence electrons. The lowest BCUT2D eigenvalue weighted by Crippen LogP contribution is -2.33. The Kier molecular flexibility index (Phi) is 8.24. The van der Waals surface area contributed by atoms with Crippen LogP contribution in [-0.4, -0.2) is 28.7 Å². The van der Waals surface area contributed by atoms with Crippen LogP contribution in [0.1, 0.15) is 44.6 Å². The van der Waals surface area contributed by atoms with Crippen molar-refractivity contribution in [3.63, 3.8) is 0 Å². The average Bonchev–Trinajstić information content (AvgIpc) is 2.58. The van der Waals surface area contributed by atoms with Gasteiger partial charge in [0.15, 0.2) is 0 Å². The normalized spacial score (nSPS) is 17.1. The Labute approximate surface area is 143 Å². The van der Waals surface area contributed by atoms with E-state index in [1.165, 1.54) is 37.7 Å². The van der Waals surface area contributed by atoms with Crippen LogP contribution >= 0.6 is 23.5 Å². The Hall–Kier alpha value is -0.610. The van der Waals surface area contributed by atoms with Gasteiger partial charge in [0, 0.05) is 23.3 Å². The second-order valence-corrected chi connectivity index (χ2v) is 8.60. The minimum atomic E-state index is 0.0138. The van der Waals surface area contributed by atoms with Crippen LogP contribution in [0.5, 0.6) is 0 Å². The Morgan fingerprint density at radius 2 is 1.95 bits per heavy atom. The highest BCUT2D eigenvalue weighted by Gasteiger charge is 2.15. The molecular weight excluding hydrogens is 310 g/mol. The summed E-state index contributed by atoms with van der Waals surface area (Å²) in [6.07, 6.45) is 6.90. The number of nitrogens with one attached hydrogen (secondary N) is 1. The fourth-order valence-electron chi connectivity index (χ4n) is 2.65. The van der Waals surface area contributed by atoms with Gasteiger partial charge in [0.1, 0.15) is 0 Å². The van der Waals surface area contributed by atoms with E-state index in [-0.39, 0.29) is 11.2 Å². The summed E-state index contributed by atoms with van der Waals surface area (Å²) in [6, 6.07) is 10.3. The largest absolute Gasteiger partial charge is 0.354 e. The molecule has 0 radical (unpaired) electrons. The molecular formula is C18H27NOS2. The third kappa shape index (κ3) is 6.66. The third-order valence-corrected chi connectivity index (χ3v) is 6.62. The van der Waals surface area contributed by atoms with E-state index in [4.69, 9.17) is 0 Å². The predicted molar refractivity (Wildman–Crippen MR) is 99.5 cm³/mol. The zero-order valence-electron chi connectivity index (χ0n) is 13.4. The molecule has 1 aliphatic carbocycles.